The number of halogens is 2. The van der Waals surface area contributed by atoms with Gasteiger partial charge in [0.25, 0.3) is 0 Å². The third-order valence-electron chi connectivity index (χ3n) is 5.74. The number of hydrogen-bond donors (Lipinski definition) is 4. The standard InChI is InChI=1S/C19H23Cl2N5O3/c20-11-5-4-6-12(15(11)21)22-17(28)10-9-13(27)23-16-14(10)18(29)25-19(24-16)26-7-2-1-3-8-26/h4-6,10,14,16,19,24H,1-3,7-9H2,(H,22,28)(H,23,27)(H,25,29). The van der Waals surface area contributed by atoms with Crippen LogP contribution < -0.4 is 21.3 Å². The Morgan fingerprint density at radius 3 is 2.62 bits per heavy atom. The van der Waals surface area contributed by atoms with E-state index in [0.717, 1.165) is 25.9 Å². The molecule has 4 N–H and O–H groups in total. The molecule has 3 heterocycles. The molecule has 0 aromatic heterocycles. The number of carbonyl (C=O) groups excluding carboxylic acids is 3. The highest BCUT2D eigenvalue weighted by molar-refractivity contribution is 6.44. The van der Waals surface area contributed by atoms with Crippen LogP contribution in [0.4, 0.5) is 5.69 Å². The van der Waals surface area contributed by atoms with Crippen molar-refractivity contribution in [3.05, 3.63) is 28.2 Å². The lowest BCUT2D eigenvalue weighted by molar-refractivity contribution is -0.147. The van der Waals surface area contributed by atoms with E-state index in [0.29, 0.717) is 10.7 Å². The van der Waals surface area contributed by atoms with Crippen LogP contribution in [-0.2, 0) is 14.4 Å². The van der Waals surface area contributed by atoms with Crippen molar-refractivity contribution in [2.75, 3.05) is 18.4 Å². The molecule has 0 spiro atoms. The molecule has 3 amide bonds. The molecule has 29 heavy (non-hydrogen) atoms. The van der Waals surface area contributed by atoms with Crippen molar-refractivity contribution in [3.63, 3.8) is 0 Å². The smallest absolute Gasteiger partial charge is 0.229 e. The average molecular weight is 440 g/mol. The van der Waals surface area contributed by atoms with Gasteiger partial charge in [-0.15, -0.1) is 0 Å². The first kappa shape index (κ1) is 20.4. The molecule has 3 aliphatic heterocycles. The van der Waals surface area contributed by atoms with Crippen molar-refractivity contribution < 1.29 is 14.4 Å². The Morgan fingerprint density at radius 2 is 1.86 bits per heavy atom. The Labute approximate surface area is 178 Å². The Bertz CT molecular complexity index is 830. The predicted octanol–water partition coefficient (Wildman–Crippen LogP) is 1.50. The molecule has 156 valence electrons. The van der Waals surface area contributed by atoms with Crippen molar-refractivity contribution >= 4 is 46.6 Å². The molecule has 0 bridgehead atoms. The molecule has 10 heteroatoms. The van der Waals surface area contributed by atoms with Crippen molar-refractivity contribution in [1.29, 1.82) is 0 Å². The van der Waals surface area contributed by atoms with Crippen molar-refractivity contribution in [2.24, 2.45) is 11.8 Å². The van der Waals surface area contributed by atoms with E-state index in [1.807, 2.05) is 0 Å². The second-order valence-corrected chi connectivity index (χ2v) is 8.43. The summed E-state index contributed by atoms with van der Waals surface area (Å²) in [5, 5.41) is 12.3. The fourth-order valence-electron chi connectivity index (χ4n) is 4.26. The lowest BCUT2D eigenvalue weighted by Crippen LogP contribution is -2.74. The maximum Gasteiger partial charge on any atom is 0.229 e. The van der Waals surface area contributed by atoms with E-state index in [1.165, 1.54) is 6.42 Å². The number of benzene rings is 1. The molecule has 4 unspecified atom stereocenters. The minimum absolute atomic E-state index is 0.0747. The zero-order chi connectivity index (χ0) is 20.5. The van der Waals surface area contributed by atoms with Crippen molar-refractivity contribution in [2.45, 2.75) is 38.1 Å². The first-order valence-electron chi connectivity index (χ1n) is 9.79. The highest BCUT2D eigenvalue weighted by atomic mass is 35.5. The first-order chi connectivity index (χ1) is 13.9. The number of likely N-dealkylation sites (tertiary alicyclic amines) is 1. The van der Waals surface area contributed by atoms with E-state index in [1.54, 1.807) is 18.2 Å². The van der Waals surface area contributed by atoms with Crippen LogP contribution in [0.3, 0.4) is 0 Å². The summed E-state index contributed by atoms with van der Waals surface area (Å²) in [6.45, 7) is 1.75. The molecule has 0 radical (unpaired) electrons. The molecule has 1 aromatic rings. The van der Waals surface area contributed by atoms with E-state index in [4.69, 9.17) is 23.2 Å². The molecule has 1 aromatic carbocycles. The fraction of sp³-hybridized carbons (Fsp3) is 0.526. The number of carbonyl (C=O) groups is 3. The summed E-state index contributed by atoms with van der Waals surface area (Å²) < 4.78 is 0. The van der Waals surface area contributed by atoms with Gasteiger partial charge in [-0.05, 0) is 25.0 Å². The van der Waals surface area contributed by atoms with E-state index in [9.17, 15) is 14.4 Å². The Morgan fingerprint density at radius 1 is 1.10 bits per heavy atom. The normalized spacial score (nSPS) is 30.1. The minimum Gasteiger partial charge on any atom is -0.340 e. The largest absolute Gasteiger partial charge is 0.340 e. The monoisotopic (exact) mass is 439 g/mol. The number of nitrogens with zero attached hydrogens (tertiary/aromatic N) is 1. The summed E-state index contributed by atoms with van der Waals surface area (Å²) in [6.07, 6.45) is 2.28. The van der Waals surface area contributed by atoms with Gasteiger partial charge in [-0.2, -0.15) is 0 Å². The fourth-order valence-corrected chi connectivity index (χ4v) is 4.61. The molecule has 3 saturated heterocycles. The van der Waals surface area contributed by atoms with E-state index in [-0.39, 0.29) is 29.5 Å². The van der Waals surface area contributed by atoms with Gasteiger partial charge in [0, 0.05) is 19.5 Å². The van der Waals surface area contributed by atoms with Crippen LogP contribution in [0.15, 0.2) is 18.2 Å². The molecule has 3 aliphatic rings. The van der Waals surface area contributed by atoms with Gasteiger partial charge >= 0.3 is 0 Å². The summed E-state index contributed by atoms with van der Waals surface area (Å²) in [6, 6.07) is 4.90. The van der Waals surface area contributed by atoms with E-state index < -0.39 is 23.9 Å². The second-order valence-electron chi connectivity index (χ2n) is 7.65. The lowest BCUT2D eigenvalue weighted by Gasteiger charge is -2.46. The zero-order valence-electron chi connectivity index (χ0n) is 15.7. The van der Waals surface area contributed by atoms with Gasteiger partial charge < -0.3 is 16.0 Å². The molecule has 3 fully saturated rings. The van der Waals surface area contributed by atoms with Crippen LogP contribution in [0.5, 0.6) is 0 Å². The number of rotatable bonds is 3. The minimum atomic E-state index is -0.821. The summed E-state index contributed by atoms with van der Waals surface area (Å²) in [5.74, 6) is -2.50. The van der Waals surface area contributed by atoms with Crippen LogP contribution in [0, 0.1) is 11.8 Å². The first-order valence-corrected chi connectivity index (χ1v) is 10.5. The Balaban J connectivity index is 1.51. The van der Waals surface area contributed by atoms with Crippen LogP contribution in [0.25, 0.3) is 0 Å². The van der Waals surface area contributed by atoms with Gasteiger partial charge in [-0.3, -0.25) is 24.6 Å². The highest BCUT2D eigenvalue weighted by Crippen LogP contribution is 2.32. The van der Waals surface area contributed by atoms with Gasteiger partial charge in [-0.25, -0.2) is 0 Å². The van der Waals surface area contributed by atoms with Gasteiger partial charge in [0.15, 0.2) is 0 Å². The average Bonchev–Trinajstić information content (AvgIpc) is 2.71. The summed E-state index contributed by atoms with van der Waals surface area (Å²) in [4.78, 5) is 40.3. The van der Waals surface area contributed by atoms with Crippen LogP contribution in [0.1, 0.15) is 25.7 Å². The van der Waals surface area contributed by atoms with Gasteiger partial charge in [0.2, 0.25) is 17.7 Å². The molecule has 0 aliphatic carbocycles. The topological polar surface area (TPSA) is 103 Å². The maximum atomic E-state index is 12.9. The quantitative estimate of drug-likeness (QED) is 0.571. The highest BCUT2D eigenvalue weighted by Gasteiger charge is 2.49. The van der Waals surface area contributed by atoms with E-state index >= 15 is 0 Å². The predicted molar refractivity (Wildman–Crippen MR) is 109 cm³/mol. The zero-order valence-corrected chi connectivity index (χ0v) is 17.2. The van der Waals surface area contributed by atoms with Crippen molar-refractivity contribution in [3.8, 4) is 0 Å². The molecule has 4 rings (SSSR count). The summed E-state index contributed by atoms with van der Waals surface area (Å²) >= 11 is 12.2. The van der Waals surface area contributed by atoms with Gasteiger partial charge in [0.1, 0.15) is 6.29 Å². The van der Waals surface area contributed by atoms with Crippen molar-refractivity contribution in [1.82, 2.24) is 20.9 Å². The number of hydrogen-bond acceptors (Lipinski definition) is 5. The third kappa shape index (κ3) is 4.21. The number of nitrogens with one attached hydrogen (secondary N) is 4. The third-order valence-corrected chi connectivity index (χ3v) is 6.55. The van der Waals surface area contributed by atoms with E-state index in [2.05, 4.69) is 26.2 Å². The van der Waals surface area contributed by atoms with Crippen LogP contribution in [-0.4, -0.2) is 48.2 Å². The Kier molecular flexibility index (Phi) is 5.96. The molecular weight excluding hydrogens is 417 g/mol. The molecule has 4 atom stereocenters. The summed E-state index contributed by atoms with van der Waals surface area (Å²) in [7, 11) is 0. The molecule has 0 saturated carbocycles. The van der Waals surface area contributed by atoms with Gasteiger partial charge in [0.05, 0.1) is 33.7 Å². The number of anilines is 1. The van der Waals surface area contributed by atoms with Gasteiger partial charge in [-0.1, -0.05) is 35.7 Å². The lowest BCUT2D eigenvalue weighted by atomic mass is 9.81. The Hall–Kier alpha value is -1.87. The number of fused-ring (bicyclic) bond motifs is 1. The number of piperidine rings is 2. The van der Waals surface area contributed by atoms with Crippen LogP contribution >= 0.6 is 23.2 Å². The summed E-state index contributed by atoms with van der Waals surface area (Å²) in [5.41, 5.74) is 0.349. The second kappa shape index (κ2) is 8.47. The SMILES string of the molecule is O=C1CC(C(=O)Nc2cccc(Cl)c2Cl)C2C(=O)NC(N3CCCCC3)NC2N1. The molecular formula is C19H23Cl2N5O3. The van der Waals surface area contributed by atoms with Crippen LogP contribution in [0.2, 0.25) is 10.0 Å². The maximum absolute atomic E-state index is 12.9. The number of amides is 3. The molecule has 8 nitrogen and oxygen atoms in total.